The van der Waals surface area contributed by atoms with Crippen LogP contribution in [-0.4, -0.2) is 37.8 Å². The first-order chi connectivity index (χ1) is 11.2. The Hall–Kier alpha value is -2.38. The number of hydrogen-bond donors (Lipinski definition) is 2. The van der Waals surface area contributed by atoms with E-state index in [9.17, 15) is 18.3 Å². The fourth-order valence-electron chi connectivity index (χ4n) is 2.20. The Morgan fingerprint density at radius 3 is 2.50 bits per heavy atom. The zero-order valence-electron chi connectivity index (χ0n) is 13.8. The standard InChI is InChI=1S/C17H20N2O4S/c1-12-8-9-15(20)14(10-12)17(21)18-11-13-6-4-5-7-16(13)24(22,23)19(2)3/h4-10,20H,11H2,1-3H3,(H,18,21). The Morgan fingerprint density at radius 2 is 1.83 bits per heavy atom. The molecule has 2 aromatic rings. The molecule has 0 aromatic heterocycles. The van der Waals surface area contributed by atoms with E-state index in [-0.39, 0.29) is 22.8 Å². The number of hydrogen-bond acceptors (Lipinski definition) is 4. The Balaban J connectivity index is 2.24. The number of sulfonamides is 1. The number of phenols is 1. The second-order valence-corrected chi connectivity index (χ2v) is 7.72. The van der Waals surface area contributed by atoms with Crippen molar-refractivity contribution in [1.29, 1.82) is 0 Å². The van der Waals surface area contributed by atoms with E-state index < -0.39 is 15.9 Å². The van der Waals surface area contributed by atoms with Gasteiger partial charge in [0.2, 0.25) is 10.0 Å². The highest BCUT2D eigenvalue weighted by atomic mass is 32.2. The molecule has 0 bridgehead atoms. The molecule has 6 nitrogen and oxygen atoms in total. The monoisotopic (exact) mass is 348 g/mol. The quantitative estimate of drug-likeness (QED) is 0.864. The van der Waals surface area contributed by atoms with Gasteiger partial charge in [-0.1, -0.05) is 29.8 Å². The minimum Gasteiger partial charge on any atom is -0.507 e. The highest BCUT2D eigenvalue weighted by molar-refractivity contribution is 7.89. The third-order valence-electron chi connectivity index (χ3n) is 3.57. The summed E-state index contributed by atoms with van der Waals surface area (Å²) in [7, 11) is -0.695. The maximum absolute atomic E-state index is 12.3. The maximum atomic E-state index is 12.3. The predicted octanol–water partition coefficient (Wildman–Crippen LogP) is 1.88. The van der Waals surface area contributed by atoms with Gasteiger partial charge in [0, 0.05) is 20.6 Å². The molecule has 0 aliphatic carbocycles. The normalized spacial score (nSPS) is 11.5. The van der Waals surface area contributed by atoms with Gasteiger partial charge in [-0.15, -0.1) is 0 Å². The summed E-state index contributed by atoms with van der Waals surface area (Å²) in [5.74, 6) is -0.583. The van der Waals surface area contributed by atoms with Crippen LogP contribution in [-0.2, 0) is 16.6 Å². The molecular weight excluding hydrogens is 328 g/mol. The van der Waals surface area contributed by atoms with E-state index in [1.54, 1.807) is 30.3 Å². The smallest absolute Gasteiger partial charge is 0.255 e. The Bertz CT molecular complexity index is 861. The van der Waals surface area contributed by atoms with E-state index >= 15 is 0 Å². The van der Waals surface area contributed by atoms with Gasteiger partial charge in [0.15, 0.2) is 0 Å². The Kier molecular flexibility index (Phi) is 5.26. The molecule has 0 saturated carbocycles. The molecule has 0 aliphatic rings. The van der Waals surface area contributed by atoms with Crippen LogP contribution in [0.4, 0.5) is 0 Å². The summed E-state index contributed by atoms with van der Waals surface area (Å²) in [5, 5.41) is 12.4. The van der Waals surface area contributed by atoms with Crippen molar-refractivity contribution in [3.63, 3.8) is 0 Å². The highest BCUT2D eigenvalue weighted by Crippen LogP contribution is 2.20. The highest BCUT2D eigenvalue weighted by Gasteiger charge is 2.21. The maximum Gasteiger partial charge on any atom is 0.255 e. The average Bonchev–Trinajstić information content (AvgIpc) is 2.55. The fraction of sp³-hybridized carbons (Fsp3) is 0.235. The zero-order valence-corrected chi connectivity index (χ0v) is 14.6. The van der Waals surface area contributed by atoms with Crippen LogP contribution in [0.1, 0.15) is 21.5 Å². The molecule has 0 fully saturated rings. The second-order valence-electron chi connectivity index (χ2n) is 5.60. The summed E-state index contributed by atoms with van der Waals surface area (Å²) in [6.45, 7) is 1.85. The summed E-state index contributed by atoms with van der Waals surface area (Å²) in [4.78, 5) is 12.4. The molecule has 0 unspecified atom stereocenters. The summed E-state index contributed by atoms with van der Waals surface area (Å²) in [6, 6.07) is 11.2. The van der Waals surface area contributed by atoms with E-state index in [4.69, 9.17) is 0 Å². The van der Waals surface area contributed by atoms with Crippen molar-refractivity contribution in [3.05, 3.63) is 59.2 Å². The molecular formula is C17H20N2O4S. The molecule has 0 saturated heterocycles. The lowest BCUT2D eigenvalue weighted by molar-refractivity contribution is 0.0948. The van der Waals surface area contributed by atoms with Gasteiger partial charge in [-0.2, -0.15) is 0 Å². The van der Waals surface area contributed by atoms with E-state index in [1.165, 1.54) is 26.2 Å². The first-order valence-electron chi connectivity index (χ1n) is 7.31. The van der Waals surface area contributed by atoms with Gasteiger partial charge in [-0.05, 0) is 30.7 Å². The van der Waals surface area contributed by atoms with E-state index in [0.29, 0.717) is 5.56 Å². The van der Waals surface area contributed by atoms with Crippen LogP contribution in [0.2, 0.25) is 0 Å². The van der Waals surface area contributed by atoms with Gasteiger partial charge < -0.3 is 10.4 Å². The third-order valence-corrected chi connectivity index (χ3v) is 5.48. The summed E-state index contributed by atoms with van der Waals surface area (Å²) in [6.07, 6.45) is 0. The third kappa shape index (κ3) is 3.74. The van der Waals surface area contributed by atoms with Crippen molar-refractivity contribution in [1.82, 2.24) is 9.62 Å². The van der Waals surface area contributed by atoms with Gasteiger partial charge in [0.05, 0.1) is 10.5 Å². The van der Waals surface area contributed by atoms with Gasteiger partial charge in [-0.25, -0.2) is 12.7 Å². The Morgan fingerprint density at radius 1 is 1.17 bits per heavy atom. The van der Waals surface area contributed by atoms with Gasteiger partial charge >= 0.3 is 0 Å². The summed E-state index contributed by atoms with van der Waals surface area (Å²) < 4.78 is 25.8. The van der Waals surface area contributed by atoms with Crippen molar-refractivity contribution in [3.8, 4) is 5.75 Å². The SMILES string of the molecule is Cc1ccc(O)c(C(=O)NCc2ccccc2S(=O)(=O)N(C)C)c1. The molecule has 2 aromatic carbocycles. The molecule has 0 spiro atoms. The average molecular weight is 348 g/mol. The molecule has 0 heterocycles. The topological polar surface area (TPSA) is 86.7 Å². The number of aromatic hydroxyl groups is 1. The molecule has 2 N–H and O–H groups in total. The first-order valence-corrected chi connectivity index (χ1v) is 8.75. The zero-order chi connectivity index (χ0) is 17.9. The fourth-order valence-corrected chi connectivity index (χ4v) is 3.32. The number of benzene rings is 2. The van der Waals surface area contributed by atoms with Crippen LogP contribution < -0.4 is 5.32 Å². The van der Waals surface area contributed by atoms with Crippen LogP contribution in [0.15, 0.2) is 47.4 Å². The number of amides is 1. The van der Waals surface area contributed by atoms with Crippen LogP contribution >= 0.6 is 0 Å². The summed E-state index contributed by atoms with van der Waals surface area (Å²) >= 11 is 0. The molecule has 24 heavy (non-hydrogen) atoms. The lowest BCUT2D eigenvalue weighted by Gasteiger charge is -2.15. The van der Waals surface area contributed by atoms with E-state index in [0.717, 1.165) is 9.87 Å². The van der Waals surface area contributed by atoms with Gasteiger partial charge in [0.25, 0.3) is 5.91 Å². The molecule has 0 radical (unpaired) electrons. The van der Waals surface area contributed by atoms with Crippen LogP contribution in [0.25, 0.3) is 0 Å². The number of carbonyl (C=O) groups is 1. The number of nitrogens with one attached hydrogen (secondary N) is 1. The number of nitrogens with zero attached hydrogens (tertiary/aromatic N) is 1. The number of rotatable bonds is 5. The second kappa shape index (κ2) is 7.02. The number of carbonyl (C=O) groups excluding carboxylic acids is 1. The molecule has 2 rings (SSSR count). The summed E-state index contributed by atoms with van der Waals surface area (Å²) in [5.41, 5.74) is 1.48. The van der Waals surface area contributed by atoms with E-state index in [1.807, 2.05) is 6.92 Å². The van der Waals surface area contributed by atoms with Crippen molar-refractivity contribution >= 4 is 15.9 Å². The van der Waals surface area contributed by atoms with Crippen molar-refractivity contribution < 1.29 is 18.3 Å². The van der Waals surface area contributed by atoms with E-state index in [2.05, 4.69) is 5.32 Å². The first kappa shape index (κ1) is 18.0. The Labute approximate surface area is 141 Å². The van der Waals surface area contributed by atoms with Crippen molar-refractivity contribution in [2.75, 3.05) is 14.1 Å². The molecule has 7 heteroatoms. The van der Waals surface area contributed by atoms with Crippen molar-refractivity contribution in [2.24, 2.45) is 0 Å². The van der Waals surface area contributed by atoms with Crippen LogP contribution in [0.5, 0.6) is 5.75 Å². The van der Waals surface area contributed by atoms with Gasteiger partial charge in [-0.3, -0.25) is 4.79 Å². The van der Waals surface area contributed by atoms with Crippen LogP contribution in [0.3, 0.4) is 0 Å². The largest absolute Gasteiger partial charge is 0.507 e. The predicted molar refractivity (Wildman–Crippen MR) is 91.3 cm³/mol. The lowest BCUT2D eigenvalue weighted by Crippen LogP contribution is -2.27. The minimum absolute atomic E-state index is 0.0372. The molecule has 0 atom stereocenters. The molecule has 0 aliphatic heterocycles. The van der Waals surface area contributed by atoms with Crippen molar-refractivity contribution in [2.45, 2.75) is 18.4 Å². The number of aryl methyl sites for hydroxylation is 1. The molecule has 1 amide bonds. The lowest BCUT2D eigenvalue weighted by atomic mass is 10.1. The van der Waals surface area contributed by atoms with Crippen LogP contribution in [0, 0.1) is 6.92 Å². The van der Waals surface area contributed by atoms with Gasteiger partial charge in [0.1, 0.15) is 5.75 Å². The number of phenolic OH excluding ortho intramolecular Hbond substituents is 1. The molecule has 128 valence electrons. The minimum atomic E-state index is -3.60.